The van der Waals surface area contributed by atoms with Gasteiger partial charge in [0.2, 0.25) is 5.91 Å². The van der Waals surface area contributed by atoms with Crippen LogP contribution in [0.4, 0.5) is 0 Å². The Morgan fingerprint density at radius 2 is 1.83 bits per heavy atom. The standard InChI is InChI=1S/C20H25N3O/c1-14(2)20(4,13-21)23-19(24)12-22-15(3)17-11-7-9-16-8-5-6-10-18(16)17/h5-11,14-15,22H,12H2,1-4H3,(H,23,24)/t15-,20-/m1/s1. The molecule has 2 atom stereocenters. The molecule has 1 amide bonds. The van der Waals surface area contributed by atoms with Crippen molar-refractivity contribution in [3.8, 4) is 6.07 Å². The normalized spacial score (nSPS) is 14.8. The number of carbonyl (C=O) groups is 1. The summed E-state index contributed by atoms with van der Waals surface area (Å²) in [5, 5.41) is 17.7. The fraction of sp³-hybridized carbons (Fsp3) is 0.400. The third kappa shape index (κ3) is 3.93. The van der Waals surface area contributed by atoms with E-state index >= 15 is 0 Å². The lowest BCUT2D eigenvalue weighted by molar-refractivity contribution is -0.122. The molecule has 2 N–H and O–H groups in total. The van der Waals surface area contributed by atoms with E-state index in [9.17, 15) is 10.1 Å². The summed E-state index contributed by atoms with van der Waals surface area (Å²) in [5.74, 6) is -0.123. The third-order valence-corrected chi connectivity index (χ3v) is 4.64. The molecule has 0 aliphatic carbocycles. The van der Waals surface area contributed by atoms with Crippen LogP contribution in [0.2, 0.25) is 0 Å². The number of fused-ring (bicyclic) bond motifs is 1. The molecular weight excluding hydrogens is 298 g/mol. The molecule has 0 aliphatic heterocycles. The summed E-state index contributed by atoms with van der Waals surface area (Å²) in [4.78, 5) is 12.2. The van der Waals surface area contributed by atoms with Crippen LogP contribution < -0.4 is 10.6 Å². The van der Waals surface area contributed by atoms with E-state index in [1.807, 2.05) is 39.0 Å². The van der Waals surface area contributed by atoms with E-state index in [0.29, 0.717) is 0 Å². The van der Waals surface area contributed by atoms with Gasteiger partial charge in [0.05, 0.1) is 12.6 Å². The summed E-state index contributed by atoms with van der Waals surface area (Å²) in [5.41, 5.74) is 0.314. The average molecular weight is 323 g/mol. The highest BCUT2D eigenvalue weighted by Crippen LogP contribution is 2.23. The molecule has 0 heterocycles. The van der Waals surface area contributed by atoms with Crippen molar-refractivity contribution in [2.24, 2.45) is 5.92 Å². The third-order valence-electron chi connectivity index (χ3n) is 4.64. The lowest BCUT2D eigenvalue weighted by Crippen LogP contribution is -2.51. The number of nitrogens with one attached hydrogen (secondary N) is 2. The smallest absolute Gasteiger partial charge is 0.235 e. The van der Waals surface area contributed by atoms with E-state index in [-0.39, 0.29) is 24.4 Å². The number of hydrogen-bond donors (Lipinski definition) is 2. The van der Waals surface area contributed by atoms with Crippen LogP contribution in [0.3, 0.4) is 0 Å². The molecule has 0 fully saturated rings. The maximum Gasteiger partial charge on any atom is 0.235 e. The number of carbonyl (C=O) groups excluding carboxylic acids is 1. The second-order valence-electron chi connectivity index (χ2n) is 6.69. The van der Waals surface area contributed by atoms with Crippen LogP contribution in [0.5, 0.6) is 0 Å². The number of amides is 1. The van der Waals surface area contributed by atoms with Crippen molar-refractivity contribution in [2.45, 2.75) is 39.3 Å². The predicted molar refractivity (Wildman–Crippen MR) is 97.4 cm³/mol. The minimum absolute atomic E-state index is 0.0363. The number of benzene rings is 2. The molecule has 0 saturated heterocycles. The molecule has 2 aromatic rings. The Bertz CT molecular complexity index is 758. The quantitative estimate of drug-likeness (QED) is 0.854. The minimum Gasteiger partial charge on any atom is -0.337 e. The van der Waals surface area contributed by atoms with Gasteiger partial charge in [0.1, 0.15) is 5.54 Å². The summed E-state index contributed by atoms with van der Waals surface area (Å²) in [6, 6.07) is 16.6. The lowest BCUT2D eigenvalue weighted by Gasteiger charge is -2.27. The Morgan fingerprint density at radius 1 is 1.17 bits per heavy atom. The first kappa shape index (κ1) is 18.0. The van der Waals surface area contributed by atoms with Crippen molar-refractivity contribution in [1.29, 1.82) is 5.26 Å². The molecule has 0 bridgehead atoms. The second-order valence-corrected chi connectivity index (χ2v) is 6.69. The summed E-state index contributed by atoms with van der Waals surface area (Å²) < 4.78 is 0. The van der Waals surface area contributed by atoms with Crippen LogP contribution in [0, 0.1) is 17.2 Å². The van der Waals surface area contributed by atoms with Gasteiger partial charge >= 0.3 is 0 Å². The first-order chi connectivity index (χ1) is 11.4. The predicted octanol–water partition coefficient (Wildman–Crippen LogP) is 3.54. The molecule has 24 heavy (non-hydrogen) atoms. The molecule has 0 radical (unpaired) electrons. The largest absolute Gasteiger partial charge is 0.337 e. The molecule has 0 spiro atoms. The molecule has 0 unspecified atom stereocenters. The first-order valence-electron chi connectivity index (χ1n) is 8.30. The molecule has 0 aromatic heterocycles. The zero-order valence-corrected chi connectivity index (χ0v) is 14.8. The lowest BCUT2D eigenvalue weighted by atomic mass is 9.90. The van der Waals surface area contributed by atoms with Crippen LogP contribution in [0.15, 0.2) is 42.5 Å². The van der Waals surface area contributed by atoms with E-state index < -0.39 is 5.54 Å². The molecule has 0 aliphatic rings. The molecule has 2 aromatic carbocycles. The monoisotopic (exact) mass is 323 g/mol. The molecule has 126 valence electrons. The van der Waals surface area contributed by atoms with E-state index in [2.05, 4.69) is 41.0 Å². The Morgan fingerprint density at radius 3 is 2.50 bits per heavy atom. The van der Waals surface area contributed by atoms with Crippen LogP contribution in [0.25, 0.3) is 10.8 Å². The van der Waals surface area contributed by atoms with Gasteiger partial charge in [-0.25, -0.2) is 0 Å². The zero-order chi connectivity index (χ0) is 17.7. The van der Waals surface area contributed by atoms with Crippen molar-refractivity contribution in [2.75, 3.05) is 6.54 Å². The maximum atomic E-state index is 12.2. The Kier molecular flexibility index (Phi) is 5.58. The van der Waals surface area contributed by atoms with Gasteiger partial charge in [0.15, 0.2) is 0 Å². The highest BCUT2D eigenvalue weighted by Gasteiger charge is 2.29. The fourth-order valence-electron chi connectivity index (χ4n) is 2.62. The minimum atomic E-state index is -0.846. The Balaban J connectivity index is 2.04. The van der Waals surface area contributed by atoms with Gasteiger partial charge in [0.25, 0.3) is 0 Å². The van der Waals surface area contributed by atoms with Crippen molar-refractivity contribution in [3.63, 3.8) is 0 Å². The van der Waals surface area contributed by atoms with Gasteiger partial charge in [-0.1, -0.05) is 56.3 Å². The summed E-state index contributed by atoms with van der Waals surface area (Å²) in [7, 11) is 0. The summed E-state index contributed by atoms with van der Waals surface area (Å²) >= 11 is 0. The average Bonchev–Trinajstić information content (AvgIpc) is 2.58. The van der Waals surface area contributed by atoms with Crippen molar-refractivity contribution in [1.82, 2.24) is 10.6 Å². The summed E-state index contributed by atoms with van der Waals surface area (Å²) in [6.07, 6.45) is 0. The molecule has 4 heteroatoms. The molecule has 2 rings (SSSR count). The van der Waals surface area contributed by atoms with Gasteiger partial charge < -0.3 is 10.6 Å². The topological polar surface area (TPSA) is 64.9 Å². The van der Waals surface area contributed by atoms with Gasteiger partial charge in [-0.2, -0.15) is 5.26 Å². The van der Waals surface area contributed by atoms with Crippen LogP contribution in [-0.4, -0.2) is 18.0 Å². The van der Waals surface area contributed by atoms with E-state index in [1.165, 1.54) is 10.8 Å². The van der Waals surface area contributed by atoms with Gasteiger partial charge in [-0.3, -0.25) is 4.79 Å². The zero-order valence-electron chi connectivity index (χ0n) is 14.8. The van der Waals surface area contributed by atoms with Crippen molar-refractivity contribution < 1.29 is 4.79 Å². The van der Waals surface area contributed by atoms with E-state index in [0.717, 1.165) is 5.56 Å². The van der Waals surface area contributed by atoms with Crippen molar-refractivity contribution in [3.05, 3.63) is 48.0 Å². The molecule has 0 saturated carbocycles. The number of nitriles is 1. The highest BCUT2D eigenvalue weighted by atomic mass is 16.2. The Labute approximate surface area is 143 Å². The van der Waals surface area contributed by atoms with Gasteiger partial charge in [-0.05, 0) is 36.1 Å². The van der Waals surface area contributed by atoms with Gasteiger partial charge in [0, 0.05) is 6.04 Å². The number of hydrogen-bond acceptors (Lipinski definition) is 3. The number of nitrogens with zero attached hydrogens (tertiary/aromatic N) is 1. The highest BCUT2D eigenvalue weighted by molar-refractivity contribution is 5.86. The molecular formula is C20H25N3O. The SMILES string of the molecule is CC(C)[C@@](C)(C#N)NC(=O)CN[C@H](C)c1cccc2ccccc12. The number of rotatable bonds is 6. The summed E-state index contributed by atoms with van der Waals surface area (Å²) in [6.45, 7) is 7.82. The van der Waals surface area contributed by atoms with Crippen LogP contribution in [0.1, 0.15) is 39.3 Å². The molecule has 4 nitrogen and oxygen atoms in total. The van der Waals surface area contributed by atoms with E-state index in [1.54, 1.807) is 6.92 Å². The maximum absolute atomic E-state index is 12.2. The van der Waals surface area contributed by atoms with Gasteiger partial charge in [-0.15, -0.1) is 0 Å². The van der Waals surface area contributed by atoms with Crippen molar-refractivity contribution >= 4 is 16.7 Å². The van der Waals surface area contributed by atoms with Crippen LogP contribution >= 0.6 is 0 Å². The fourth-order valence-corrected chi connectivity index (χ4v) is 2.62. The second kappa shape index (κ2) is 7.46. The van der Waals surface area contributed by atoms with Crippen LogP contribution in [-0.2, 0) is 4.79 Å². The van der Waals surface area contributed by atoms with E-state index in [4.69, 9.17) is 0 Å². The Hall–Kier alpha value is -2.38. The first-order valence-corrected chi connectivity index (χ1v) is 8.30.